The molecule has 0 aliphatic rings. The summed E-state index contributed by atoms with van der Waals surface area (Å²) in [6.45, 7) is 5.99. The predicted molar refractivity (Wildman–Crippen MR) is 68.9 cm³/mol. The Labute approximate surface area is 112 Å². The van der Waals surface area contributed by atoms with Crippen LogP contribution in [0.25, 0.3) is 0 Å². The fourth-order valence-electron chi connectivity index (χ4n) is 1.75. The topological polar surface area (TPSA) is 70.4 Å². The molecule has 0 atom stereocenters. The highest BCUT2D eigenvalue weighted by molar-refractivity contribution is 6.09. The maximum Gasteiger partial charge on any atom is 0.218 e. The highest BCUT2D eigenvalue weighted by atomic mass is 16.7. The van der Waals surface area contributed by atoms with E-state index in [9.17, 15) is 9.59 Å². The lowest BCUT2D eigenvalue weighted by atomic mass is 10.1. The average molecular weight is 268 g/mol. The van der Waals surface area contributed by atoms with Gasteiger partial charge in [-0.1, -0.05) is 0 Å². The first-order valence-corrected chi connectivity index (χ1v) is 6.28. The van der Waals surface area contributed by atoms with Crippen molar-refractivity contribution in [1.82, 2.24) is 9.78 Å². The minimum absolute atomic E-state index is 0.239. The lowest BCUT2D eigenvalue weighted by Gasteiger charge is -2.14. The fraction of sp³-hybridized carbons (Fsp3) is 0.615. The Kier molecular flexibility index (Phi) is 5.85. The van der Waals surface area contributed by atoms with Crippen molar-refractivity contribution in [1.29, 1.82) is 0 Å². The summed E-state index contributed by atoms with van der Waals surface area (Å²) in [5, 5.41) is 4.08. The first kappa shape index (κ1) is 15.5. The summed E-state index contributed by atoms with van der Waals surface area (Å²) in [7, 11) is 1.73. The van der Waals surface area contributed by atoms with E-state index in [1.807, 2.05) is 0 Å². The molecule has 0 aliphatic carbocycles. The van der Waals surface area contributed by atoms with Crippen LogP contribution in [0.1, 0.15) is 36.3 Å². The number of aromatic nitrogens is 2. The smallest absolute Gasteiger partial charge is 0.218 e. The number of ether oxygens (including phenoxy) is 2. The third kappa shape index (κ3) is 4.25. The zero-order valence-corrected chi connectivity index (χ0v) is 11.8. The monoisotopic (exact) mass is 268 g/mol. The van der Waals surface area contributed by atoms with Gasteiger partial charge in [0.1, 0.15) is 0 Å². The van der Waals surface area contributed by atoms with Gasteiger partial charge in [0.25, 0.3) is 0 Å². The van der Waals surface area contributed by atoms with Gasteiger partial charge in [0.15, 0.2) is 11.6 Å². The Balaban J connectivity index is 2.69. The van der Waals surface area contributed by atoms with E-state index in [4.69, 9.17) is 9.47 Å². The van der Waals surface area contributed by atoms with E-state index in [0.29, 0.717) is 24.5 Å². The van der Waals surface area contributed by atoms with Crippen molar-refractivity contribution in [3.63, 3.8) is 0 Å². The maximum absolute atomic E-state index is 12.0. The van der Waals surface area contributed by atoms with Crippen molar-refractivity contribution in [3.05, 3.63) is 17.5 Å². The molecule has 0 N–H and O–H groups in total. The lowest BCUT2D eigenvalue weighted by Crippen LogP contribution is -2.29. The van der Waals surface area contributed by atoms with Crippen LogP contribution in [0, 0.1) is 6.92 Å². The number of hydrogen-bond acceptors (Lipinski definition) is 5. The van der Waals surface area contributed by atoms with Gasteiger partial charge in [0.05, 0.1) is 17.7 Å². The Morgan fingerprint density at radius 2 is 1.89 bits per heavy atom. The van der Waals surface area contributed by atoms with Crippen molar-refractivity contribution in [2.75, 3.05) is 13.2 Å². The first-order valence-electron chi connectivity index (χ1n) is 6.28. The van der Waals surface area contributed by atoms with Gasteiger partial charge in [-0.25, -0.2) is 0 Å². The van der Waals surface area contributed by atoms with Crippen LogP contribution in [0.5, 0.6) is 0 Å². The number of carbonyl (C=O) groups excluding carboxylic acids is 2. The van der Waals surface area contributed by atoms with Crippen LogP contribution in [-0.4, -0.2) is 40.9 Å². The second-order valence-corrected chi connectivity index (χ2v) is 4.11. The van der Waals surface area contributed by atoms with Gasteiger partial charge >= 0.3 is 0 Å². The summed E-state index contributed by atoms with van der Waals surface area (Å²) < 4.78 is 11.9. The summed E-state index contributed by atoms with van der Waals surface area (Å²) >= 11 is 0. The number of Topliss-reactive ketones (excluding diaryl/α,β-unsaturated/α-hetero) is 2. The summed E-state index contributed by atoms with van der Waals surface area (Å²) in [5.41, 5.74) is 1.08. The summed E-state index contributed by atoms with van der Waals surface area (Å²) in [5.74, 6) is -0.628. The number of nitrogens with zero attached hydrogens (tertiary/aromatic N) is 2. The number of aryl methyl sites for hydroxylation is 2. The fourth-order valence-corrected chi connectivity index (χ4v) is 1.75. The van der Waals surface area contributed by atoms with Gasteiger partial charge in [-0.05, 0) is 20.8 Å². The van der Waals surface area contributed by atoms with Gasteiger partial charge in [-0.2, -0.15) is 5.10 Å². The molecule has 6 nitrogen and oxygen atoms in total. The van der Waals surface area contributed by atoms with Gasteiger partial charge in [-0.3, -0.25) is 14.3 Å². The van der Waals surface area contributed by atoms with Crippen molar-refractivity contribution >= 4 is 11.6 Å². The maximum atomic E-state index is 12.0. The van der Waals surface area contributed by atoms with Gasteiger partial charge in [0.2, 0.25) is 6.29 Å². The van der Waals surface area contributed by atoms with Crippen molar-refractivity contribution in [2.24, 2.45) is 7.05 Å². The zero-order chi connectivity index (χ0) is 14.4. The van der Waals surface area contributed by atoms with E-state index in [1.54, 1.807) is 38.7 Å². The van der Waals surface area contributed by atoms with E-state index in [-0.39, 0.29) is 18.0 Å². The second kappa shape index (κ2) is 7.16. The summed E-state index contributed by atoms with van der Waals surface area (Å²) in [6.07, 6.45) is 0.411. The largest absolute Gasteiger partial charge is 0.346 e. The second-order valence-electron chi connectivity index (χ2n) is 4.11. The quantitative estimate of drug-likeness (QED) is 0.403. The molecule has 0 amide bonds. The molecule has 0 spiro atoms. The van der Waals surface area contributed by atoms with Crippen LogP contribution < -0.4 is 0 Å². The van der Waals surface area contributed by atoms with Crippen LogP contribution in [0.4, 0.5) is 0 Å². The molecular formula is C13H20N2O4. The molecule has 0 aliphatic heterocycles. The first-order chi connectivity index (χ1) is 8.99. The molecule has 0 bridgehead atoms. The molecule has 0 saturated carbocycles. The van der Waals surface area contributed by atoms with Crippen LogP contribution >= 0.6 is 0 Å². The highest BCUT2D eigenvalue weighted by Crippen LogP contribution is 2.10. The zero-order valence-electron chi connectivity index (χ0n) is 11.8. The normalized spacial score (nSPS) is 11.0. The Bertz CT molecular complexity index is 447. The Morgan fingerprint density at radius 3 is 2.32 bits per heavy atom. The van der Waals surface area contributed by atoms with Crippen molar-refractivity contribution in [2.45, 2.75) is 33.5 Å². The Morgan fingerprint density at radius 1 is 1.32 bits per heavy atom. The van der Waals surface area contributed by atoms with Crippen molar-refractivity contribution in [3.8, 4) is 0 Å². The SMILES string of the molecule is CCOC(OCC)C(=O)CC(=O)c1cn(C)nc1C. The minimum Gasteiger partial charge on any atom is -0.346 e. The Hall–Kier alpha value is -1.53. The molecule has 0 saturated heterocycles. The molecule has 1 aromatic heterocycles. The number of rotatable bonds is 8. The van der Waals surface area contributed by atoms with Crippen molar-refractivity contribution < 1.29 is 19.1 Å². The number of ketones is 2. The lowest BCUT2D eigenvalue weighted by molar-refractivity contribution is -0.166. The number of hydrogen-bond donors (Lipinski definition) is 0. The number of carbonyl (C=O) groups is 2. The van der Waals surface area contributed by atoms with Gasteiger partial charge in [-0.15, -0.1) is 0 Å². The van der Waals surface area contributed by atoms with Crippen LogP contribution in [0.2, 0.25) is 0 Å². The predicted octanol–water partition coefficient (Wildman–Crippen LogP) is 1.27. The van der Waals surface area contributed by atoms with E-state index >= 15 is 0 Å². The third-order valence-electron chi connectivity index (χ3n) is 2.55. The van der Waals surface area contributed by atoms with Crippen LogP contribution in [0.15, 0.2) is 6.20 Å². The summed E-state index contributed by atoms with van der Waals surface area (Å²) in [6, 6.07) is 0. The molecule has 6 heteroatoms. The molecule has 0 unspecified atom stereocenters. The van der Waals surface area contributed by atoms with Crippen LogP contribution in [-0.2, 0) is 21.3 Å². The van der Waals surface area contributed by atoms with Crippen LogP contribution in [0.3, 0.4) is 0 Å². The molecule has 19 heavy (non-hydrogen) atoms. The molecule has 1 heterocycles. The van der Waals surface area contributed by atoms with Gasteiger partial charge in [0, 0.05) is 26.5 Å². The van der Waals surface area contributed by atoms with E-state index in [1.165, 1.54) is 0 Å². The molecule has 1 aromatic rings. The average Bonchev–Trinajstić information content (AvgIpc) is 2.68. The summed E-state index contributed by atoms with van der Waals surface area (Å²) in [4.78, 5) is 23.9. The molecule has 0 radical (unpaired) electrons. The molecule has 1 rings (SSSR count). The molecule has 0 aromatic carbocycles. The highest BCUT2D eigenvalue weighted by Gasteiger charge is 2.23. The molecular weight excluding hydrogens is 248 g/mol. The molecule has 106 valence electrons. The van der Waals surface area contributed by atoms with E-state index in [2.05, 4.69) is 5.10 Å². The van der Waals surface area contributed by atoms with E-state index < -0.39 is 6.29 Å². The standard InChI is InChI=1S/C13H20N2O4/c1-5-18-13(19-6-2)12(17)7-11(16)10-8-15(4)14-9(10)3/h8,13H,5-7H2,1-4H3. The van der Waals surface area contributed by atoms with E-state index in [0.717, 1.165) is 0 Å². The third-order valence-corrected chi connectivity index (χ3v) is 2.55. The minimum atomic E-state index is -0.962. The van der Waals surface area contributed by atoms with Gasteiger partial charge < -0.3 is 9.47 Å². The molecule has 0 fully saturated rings.